The fourth-order valence-corrected chi connectivity index (χ4v) is 1.80. The van der Waals surface area contributed by atoms with Crippen LogP contribution in [0.1, 0.15) is 37.5 Å². The highest BCUT2D eigenvalue weighted by Crippen LogP contribution is 2.24. The molecule has 17 heavy (non-hydrogen) atoms. The lowest BCUT2D eigenvalue weighted by molar-refractivity contribution is 0.588. The molecule has 96 valence electrons. The Bertz CT molecular complexity index is 350. The van der Waals surface area contributed by atoms with Crippen LogP contribution in [-0.2, 0) is 12.0 Å². The summed E-state index contributed by atoms with van der Waals surface area (Å²) >= 11 is 0. The van der Waals surface area contributed by atoms with Gasteiger partial charge in [-0.25, -0.2) is 0 Å². The molecule has 0 aromatic heterocycles. The number of aryl methyl sites for hydroxylation is 1. The monoisotopic (exact) mass is 234 g/mol. The lowest BCUT2D eigenvalue weighted by Gasteiger charge is -2.20. The van der Waals surface area contributed by atoms with Crippen molar-refractivity contribution in [2.24, 2.45) is 0 Å². The molecule has 0 heterocycles. The summed E-state index contributed by atoms with van der Waals surface area (Å²) in [5, 5.41) is 6.57. The molecule has 2 heteroatoms. The van der Waals surface area contributed by atoms with Gasteiger partial charge in [0.05, 0.1) is 0 Å². The van der Waals surface area contributed by atoms with Crippen molar-refractivity contribution >= 4 is 0 Å². The van der Waals surface area contributed by atoms with Gasteiger partial charge in [-0.3, -0.25) is 0 Å². The van der Waals surface area contributed by atoms with E-state index in [4.69, 9.17) is 0 Å². The van der Waals surface area contributed by atoms with Crippen LogP contribution >= 0.6 is 0 Å². The molecule has 2 nitrogen and oxygen atoms in total. The minimum atomic E-state index is 0.239. The molecule has 0 bridgehead atoms. The van der Waals surface area contributed by atoms with Crippen molar-refractivity contribution in [2.75, 3.05) is 20.1 Å². The number of nitrogens with one attached hydrogen (secondary N) is 2. The van der Waals surface area contributed by atoms with Crippen LogP contribution in [0.5, 0.6) is 0 Å². The molecule has 0 spiro atoms. The molecule has 0 saturated heterocycles. The molecule has 1 aromatic carbocycles. The van der Waals surface area contributed by atoms with Crippen molar-refractivity contribution < 1.29 is 0 Å². The van der Waals surface area contributed by atoms with Gasteiger partial charge in [0.25, 0.3) is 0 Å². The van der Waals surface area contributed by atoms with E-state index in [1.54, 1.807) is 0 Å². The number of hydrogen-bond acceptors (Lipinski definition) is 2. The minimum absolute atomic E-state index is 0.239. The summed E-state index contributed by atoms with van der Waals surface area (Å²) < 4.78 is 0. The first-order valence-electron chi connectivity index (χ1n) is 6.40. The first-order chi connectivity index (χ1) is 7.95. The van der Waals surface area contributed by atoms with E-state index in [0.29, 0.717) is 0 Å². The van der Waals surface area contributed by atoms with Crippen molar-refractivity contribution in [1.29, 1.82) is 0 Å². The Balaban J connectivity index is 2.64. The van der Waals surface area contributed by atoms with E-state index in [0.717, 1.165) is 19.6 Å². The van der Waals surface area contributed by atoms with Crippen LogP contribution in [0.3, 0.4) is 0 Å². The topological polar surface area (TPSA) is 24.1 Å². The van der Waals surface area contributed by atoms with Gasteiger partial charge < -0.3 is 10.6 Å². The largest absolute Gasteiger partial charge is 0.318 e. The maximum atomic E-state index is 3.44. The van der Waals surface area contributed by atoms with Gasteiger partial charge in [0, 0.05) is 19.6 Å². The lowest BCUT2D eigenvalue weighted by Crippen LogP contribution is -2.24. The highest BCUT2D eigenvalue weighted by Gasteiger charge is 2.14. The van der Waals surface area contributed by atoms with Gasteiger partial charge in [0.2, 0.25) is 0 Å². The predicted molar refractivity (Wildman–Crippen MR) is 75.5 cm³/mol. The van der Waals surface area contributed by atoms with Crippen LogP contribution in [0.2, 0.25) is 0 Å². The Morgan fingerprint density at radius 1 is 1.12 bits per heavy atom. The fraction of sp³-hybridized carbons (Fsp3) is 0.600. The van der Waals surface area contributed by atoms with Crippen molar-refractivity contribution in [3.63, 3.8) is 0 Å². The minimum Gasteiger partial charge on any atom is -0.318 e. The summed E-state index contributed by atoms with van der Waals surface area (Å²) in [5.41, 5.74) is 4.43. The third kappa shape index (κ3) is 4.49. The Hall–Kier alpha value is -0.860. The van der Waals surface area contributed by atoms with Crippen LogP contribution < -0.4 is 10.6 Å². The van der Waals surface area contributed by atoms with Crippen LogP contribution in [0.25, 0.3) is 0 Å². The van der Waals surface area contributed by atoms with Crippen molar-refractivity contribution in [3.05, 3.63) is 34.9 Å². The van der Waals surface area contributed by atoms with Gasteiger partial charge in [-0.05, 0) is 36.1 Å². The predicted octanol–water partition coefficient (Wildman–Crippen LogP) is 2.60. The average molecular weight is 234 g/mol. The summed E-state index contributed by atoms with van der Waals surface area (Å²) in [6, 6.07) is 6.82. The summed E-state index contributed by atoms with van der Waals surface area (Å²) in [6.45, 7) is 11.9. The second-order valence-electron chi connectivity index (χ2n) is 5.67. The first-order valence-corrected chi connectivity index (χ1v) is 6.40. The molecule has 0 amide bonds. The quantitative estimate of drug-likeness (QED) is 0.765. The molecule has 0 unspecified atom stereocenters. The molecule has 0 radical (unpaired) electrons. The lowest BCUT2D eigenvalue weighted by atomic mass is 9.85. The van der Waals surface area contributed by atoms with Gasteiger partial charge in [-0.2, -0.15) is 0 Å². The van der Waals surface area contributed by atoms with Crippen molar-refractivity contribution in [2.45, 2.75) is 39.7 Å². The maximum absolute atomic E-state index is 3.44. The third-order valence-corrected chi connectivity index (χ3v) is 3.08. The van der Waals surface area contributed by atoms with Crippen LogP contribution in [0.4, 0.5) is 0 Å². The van der Waals surface area contributed by atoms with Gasteiger partial charge in [-0.1, -0.05) is 39.0 Å². The zero-order chi connectivity index (χ0) is 12.9. The standard InChI is InChI=1S/C15H26N2/c1-12-10-14(15(2,3)4)7-6-13(12)11-17-9-8-16-5/h6-7,10,16-17H,8-9,11H2,1-5H3. The Morgan fingerprint density at radius 2 is 1.82 bits per heavy atom. The number of likely N-dealkylation sites (N-methyl/N-ethyl adjacent to an activating group) is 1. The van der Waals surface area contributed by atoms with Gasteiger partial charge >= 0.3 is 0 Å². The summed E-state index contributed by atoms with van der Waals surface area (Å²) in [4.78, 5) is 0. The van der Waals surface area contributed by atoms with E-state index in [2.05, 4.69) is 56.5 Å². The van der Waals surface area contributed by atoms with Crippen LogP contribution in [0, 0.1) is 6.92 Å². The third-order valence-electron chi connectivity index (χ3n) is 3.08. The molecule has 1 aromatic rings. The van der Waals surface area contributed by atoms with E-state index in [-0.39, 0.29) is 5.41 Å². The first kappa shape index (κ1) is 14.2. The average Bonchev–Trinajstić information content (AvgIpc) is 2.24. The van der Waals surface area contributed by atoms with Crippen LogP contribution in [-0.4, -0.2) is 20.1 Å². The molecular formula is C15H26N2. The summed E-state index contributed by atoms with van der Waals surface area (Å²) in [6.07, 6.45) is 0. The molecule has 2 N–H and O–H groups in total. The molecule has 0 saturated carbocycles. The zero-order valence-corrected chi connectivity index (χ0v) is 11.9. The van der Waals surface area contributed by atoms with Crippen LogP contribution in [0.15, 0.2) is 18.2 Å². The number of hydrogen-bond donors (Lipinski definition) is 2. The van der Waals surface area contributed by atoms with E-state index in [1.807, 2.05) is 7.05 Å². The second kappa shape index (κ2) is 6.18. The Morgan fingerprint density at radius 3 is 2.35 bits per heavy atom. The number of rotatable bonds is 5. The normalized spacial score (nSPS) is 11.8. The molecule has 1 rings (SSSR count). The summed E-state index contributed by atoms with van der Waals surface area (Å²) in [5.74, 6) is 0. The van der Waals surface area contributed by atoms with E-state index < -0.39 is 0 Å². The van der Waals surface area contributed by atoms with Gasteiger partial charge in [0.15, 0.2) is 0 Å². The fourth-order valence-electron chi connectivity index (χ4n) is 1.80. The molecular weight excluding hydrogens is 208 g/mol. The second-order valence-corrected chi connectivity index (χ2v) is 5.67. The van der Waals surface area contributed by atoms with E-state index in [1.165, 1.54) is 16.7 Å². The summed E-state index contributed by atoms with van der Waals surface area (Å²) in [7, 11) is 1.98. The van der Waals surface area contributed by atoms with Gasteiger partial charge in [-0.15, -0.1) is 0 Å². The molecule has 0 aliphatic heterocycles. The Labute approximate surface area is 106 Å². The Kier molecular flexibility index (Phi) is 5.16. The number of benzene rings is 1. The highest BCUT2D eigenvalue weighted by molar-refractivity contribution is 5.34. The smallest absolute Gasteiger partial charge is 0.0208 e. The highest BCUT2D eigenvalue weighted by atomic mass is 14.9. The van der Waals surface area contributed by atoms with Crippen molar-refractivity contribution in [1.82, 2.24) is 10.6 Å². The van der Waals surface area contributed by atoms with Gasteiger partial charge in [0.1, 0.15) is 0 Å². The van der Waals surface area contributed by atoms with Crippen molar-refractivity contribution in [3.8, 4) is 0 Å². The molecule has 0 aliphatic rings. The molecule has 0 fully saturated rings. The van der Waals surface area contributed by atoms with E-state index >= 15 is 0 Å². The maximum Gasteiger partial charge on any atom is 0.0208 e. The SMILES string of the molecule is CNCCNCc1ccc(C(C)(C)C)cc1C. The zero-order valence-electron chi connectivity index (χ0n) is 11.9. The molecule has 0 aliphatic carbocycles. The van der Waals surface area contributed by atoms with E-state index in [9.17, 15) is 0 Å². The molecule has 0 atom stereocenters.